The molecule has 4 aliphatic rings. The van der Waals surface area contributed by atoms with Crippen LogP contribution in [-0.4, -0.2) is 37.5 Å². The number of esters is 1. The van der Waals surface area contributed by atoms with Gasteiger partial charge in [-0.3, -0.25) is 4.79 Å². The maximum absolute atomic E-state index is 11.7. The average Bonchev–Trinajstić information content (AvgIpc) is 3.10. The van der Waals surface area contributed by atoms with Crippen molar-refractivity contribution < 1.29 is 19.4 Å². The lowest BCUT2D eigenvalue weighted by atomic mass is 9.43. The minimum atomic E-state index is -0.609. The number of methoxy groups -OCH3 is 2. The summed E-state index contributed by atoms with van der Waals surface area (Å²) in [7, 11) is 3.22. The number of aliphatic hydroxyl groups is 1. The van der Waals surface area contributed by atoms with Crippen LogP contribution in [0.1, 0.15) is 91.4 Å². The van der Waals surface area contributed by atoms with Gasteiger partial charge in [-0.1, -0.05) is 20.8 Å². The van der Waals surface area contributed by atoms with E-state index in [0.717, 1.165) is 49.4 Å². The van der Waals surface area contributed by atoms with E-state index >= 15 is 0 Å². The average molecular weight is 435 g/mol. The third-order valence-electron chi connectivity index (χ3n) is 11.0. The number of hydrogen-bond donors (Lipinski definition) is 1. The molecule has 0 heterocycles. The largest absolute Gasteiger partial charge is 0.469 e. The molecule has 0 aromatic heterocycles. The molecule has 0 saturated heterocycles. The molecule has 1 N–H and O–H groups in total. The topological polar surface area (TPSA) is 55.8 Å². The number of ether oxygens (including phenoxy) is 2. The molecule has 4 aliphatic carbocycles. The molecule has 4 fully saturated rings. The van der Waals surface area contributed by atoms with Crippen molar-refractivity contribution in [3.8, 4) is 0 Å². The highest BCUT2D eigenvalue weighted by Crippen LogP contribution is 2.68. The van der Waals surface area contributed by atoms with Crippen LogP contribution < -0.4 is 0 Å². The van der Waals surface area contributed by atoms with Crippen molar-refractivity contribution in [2.45, 2.75) is 97.0 Å². The highest BCUT2D eigenvalue weighted by Gasteiger charge is 2.61. The lowest BCUT2D eigenvalue weighted by Crippen LogP contribution is -2.56. The van der Waals surface area contributed by atoms with Gasteiger partial charge >= 0.3 is 5.97 Å². The molecule has 31 heavy (non-hydrogen) atoms. The van der Waals surface area contributed by atoms with E-state index in [2.05, 4.69) is 20.8 Å². The SMILES string of the molecule is COC[C@]1(O)CC[C@]2(C)C3CC[C@@]4(C)C(CC[C@@H]4[C@H](C)CCC(=O)OC)C3CC[C@H]2C1. The van der Waals surface area contributed by atoms with Crippen molar-refractivity contribution in [3.63, 3.8) is 0 Å². The Morgan fingerprint density at radius 3 is 2.45 bits per heavy atom. The Hall–Kier alpha value is -0.610. The van der Waals surface area contributed by atoms with Crippen molar-refractivity contribution in [3.05, 3.63) is 0 Å². The van der Waals surface area contributed by atoms with E-state index in [0.29, 0.717) is 35.7 Å². The zero-order valence-electron chi connectivity index (χ0n) is 20.6. The van der Waals surface area contributed by atoms with Crippen LogP contribution in [0.25, 0.3) is 0 Å². The second-order valence-electron chi connectivity index (χ2n) is 12.3. The van der Waals surface area contributed by atoms with E-state index in [4.69, 9.17) is 9.47 Å². The first-order valence-corrected chi connectivity index (χ1v) is 12.9. The normalized spacial score (nSPS) is 47.7. The molecule has 0 aliphatic heterocycles. The number of hydrogen-bond acceptors (Lipinski definition) is 4. The molecular weight excluding hydrogens is 388 g/mol. The highest BCUT2D eigenvalue weighted by molar-refractivity contribution is 5.69. The molecule has 4 heteroatoms. The molecular formula is C27H46O4. The van der Waals surface area contributed by atoms with Crippen molar-refractivity contribution in [1.29, 1.82) is 0 Å². The predicted molar refractivity (Wildman–Crippen MR) is 122 cm³/mol. The predicted octanol–water partition coefficient (Wildman–Crippen LogP) is 5.61. The third kappa shape index (κ3) is 3.98. The van der Waals surface area contributed by atoms with Gasteiger partial charge in [-0.05, 0) is 111 Å². The van der Waals surface area contributed by atoms with Crippen LogP contribution in [-0.2, 0) is 14.3 Å². The summed E-state index contributed by atoms with van der Waals surface area (Å²) in [4.78, 5) is 11.7. The number of carbonyl (C=O) groups is 1. The fraction of sp³-hybridized carbons (Fsp3) is 0.963. The Morgan fingerprint density at radius 1 is 1.00 bits per heavy atom. The van der Waals surface area contributed by atoms with Gasteiger partial charge in [0.1, 0.15) is 0 Å². The molecule has 3 unspecified atom stereocenters. The minimum absolute atomic E-state index is 0.0627. The Morgan fingerprint density at radius 2 is 1.74 bits per heavy atom. The number of carbonyl (C=O) groups excluding carboxylic acids is 1. The van der Waals surface area contributed by atoms with Gasteiger partial charge in [-0.2, -0.15) is 0 Å². The van der Waals surface area contributed by atoms with E-state index in [-0.39, 0.29) is 5.97 Å². The smallest absolute Gasteiger partial charge is 0.305 e. The summed E-state index contributed by atoms with van der Waals surface area (Å²) in [6.45, 7) is 8.02. The van der Waals surface area contributed by atoms with Gasteiger partial charge in [0.15, 0.2) is 0 Å². The Labute approximate surface area is 189 Å². The number of fused-ring (bicyclic) bond motifs is 5. The standard InChI is InChI=1S/C27H46O4/c1-18(6-11-24(28)31-5)21-9-10-22-20-8-7-19-16-27(29,17-30-4)15-14-25(19,2)23(20)12-13-26(21,22)3/h18-23,29H,6-17H2,1-5H3/t18-,19+,20?,21-,22?,23?,25+,26-,27+/m1/s1. The molecule has 0 aromatic carbocycles. The zero-order valence-corrected chi connectivity index (χ0v) is 20.6. The van der Waals surface area contributed by atoms with E-state index in [1.165, 1.54) is 45.6 Å². The van der Waals surface area contributed by atoms with E-state index in [1.807, 2.05) is 0 Å². The summed E-state index contributed by atoms with van der Waals surface area (Å²) >= 11 is 0. The molecule has 4 rings (SSSR count). The molecule has 0 aromatic rings. The summed E-state index contributed by atoms with van der Waals surface area (Å²) in [5.74, 6) is 4.43. The van der Waals surface area contributed by atoms with E-state index in [9.17, 15) is 9.90 Å². The Balaban J connectivity index is 1.47. The van der Waals surface area contributed by atoms with Crippen LogP contribution in [0.15, 0.2) is 0 Å². The third-order valence-corrected chi connectivity index (χ3v) is 11.0. The van der Waals surface area contributed by atoms with E-state index in [1.54, 1.807) is 7.11 Å². The Bertz CT molecular complexity index is 664. The van der Waals surface area contributed by atoms with Crippen LogP contribution in [0.5, 0.6) is 0 Å². The van der Waals surface area contributed by atoms with Gasteiger partial charge in [0.2, 0.25) is 0 Å². The molecule has 0 amide bonds. The van der Waals surface area contributed by atoms with Crippen molar-refractivity contribution in [2.75, 3.05) is 20.8 Å². The Kier molecular flexibility index (Phi) is 6.55. The van der Waals surface area contributed by atoms with Crippen LogP contribution in [0, 0.1) is 46.3 Å². The molecule has 4 nitrogen and oxygen atoms in total. The van der Waals surface area contributed by atoms with Crippen molar-refractivity contribution in [2.24, 2.45) is 46.3 Å². The van der Waals surface area contributed by atoms with Gasteiger partial charge < -0.3 is 14.6 Å². The lowest BCUT2D eigenvalue weighted by molar-refractivity contribution is -0.163. The summed E-state index contributed by atoms with van der Waals surface area (Å²) < 4.78 is 10.3. The van der Waals surface area contributed by atoms with Crippen LogP contribution >= 0.6 is 0 Å². The molecule has 178 valence electrons. The molecule has 9 atom stereocenters. The van der Waals surface area contributed by atoms with Crippen molar-refractivity contribution in [1.82, 2.24) is 0 Å². The van der Waals surface area contributed by atoms with Crippen LogP contribution in [0.3, 0.4) is 0 Å². The first-order chi connectivity index (χ1) is 14.7. The first kappa shape index (κ1) is 23.5. The molecule has 0 radical (unpaired) electrons. The van der Waals surface area contributed by atoms with E-state index < -0.39 is 5.60 Å². The van der Waals surface area contributed by atoms with Gasteiger partial charge in [0, 0.05) is 13.5 Å². The maximum atomic E-state index is 11.7. The molecule has 0 spiro atoms. The number of rotatable bonds is 6. The van der Waals surface area contributed by atoms with Gasteiger partial charge in [-0.25, -0.2) is 0 Å². The minimum Gasteiger partial charge on any atom is -0.469 e. The van der Waals surface area contributed by atoms with Gasteiger partial charge in [0.25, 0.3) is 0 Å². The first-order valence-electron chi connectivity index (χ1n) is 12.9. The summed E-state index contributed by atoms with van der Waals surface area (Å²) in [6, 6.07) is 0. The summed E-state index contributed by atoms with van der Waals surface area (Å²) in [6.07, 6.45) is 12.5. The molecule has 4 saturated carbocycles. The summed E-state index contributed by atoms with van der Waals surface area (Å²) in [5, 5.41) is 11.1. The van der Waals surface area contributed by atoms with Crippen LogP contribution in [0.2, 0.25) is 0 Å². The van der Waals surface area contributed by atoms with Crippen molar-refractivity contribution >= 4 is 5.97 Å². The lowest BCUT2D eigenvalue weighted by Gasteiger charge is -2.62. The molecule has 0 bridgehead atoms. The fourth-order valence-corrected chi connectivity index (χ4v) is 9.35. The quantitative estimate of drug-likeness (QED) is 0.552. The second kappa shape index (κ2) is 8.63. The summed E-state index contributed by atoms with van der Waals surface area (Å²) in [5.41, 5.74) is 0.215. The highest BCUT2D eigenvalue weighted by atomic mass is 16.5. The second-order valence-corrected chi connectivity index (χ2v) is 12.3. The monoisotopic (exact) mass is 434 g/mol. The fourth-order valence-electron chi connectivity index (χ4n) is 9.35. The maximum Gasteiger partial charge on any atom is 0.305 e. The zero-order chi connectivity index (χ0) is 22.4. The van der Waals surface area contributed by atoms with Crippen LogP contribution in [0.4, 0.5) is 0 Å². The van der Waals surface area contributed by atoms with Gasteiger partial charge in [0.05, 0.1) is 19.3 Å². The van der Waals surface area contributed by atoms with Gasteiger partial charge in [-0.15, -0.1) is 0 Å².